The van der Waals surface area contributed by atoms with Gasteiger partial charge in [0.05, 0.1) is 17.9 Å². The fraction of sp³-hybridized carbons (Fsp3) is 0.417. The number of esters is 1. The van der Waals surface area contributed by atoms with Gasteiger partial charge in [-0.1, -0.05) is 0 Å². The summed E-state index contributed by atoms with van der Waals surface area (Å²) in [6.07, 6.45) is 1.59. The molecule has 0 saturated heterocycles. The van der Waals surface area contributed by atoms with Crippen molar-refractivity contribution in [1.82, 2.24) is 4.98 Å². The Bertz CT molecular complexity index is 476. The molecular weight excluding hydrogens is 248 g/mol. The number of carbonyl (C=O) groups excluding carboxylic acids is 2. The van der Waals surface area contributed by atoms with Crippen LogP contribution in [0, 0.1) is 0 Å². The summed E-state index contributed by atoms with van der Waals surface area (Å²) >= 11 is 0. The van der Waals surface area contributed by atoms with Crippen LogP contribution >= 0.6 is 0 Å². The Hall–Kier alpha value is -2.31. The van der Waals surface area contributed by atoms with Gasteiger partial charge in [-0.05, 0) is 19.9 Å². The summed E-state index contributed by atoms with van der Waals surface area (Å²) in [4.78, 5) is 26.5. The highest BCUT2D eigenvalue weighted by Crippen LogP contribution is 2.21. The number of nitrogens with zero attached hydrogens (tertiary/aromatic N) is 1. The molecule has 0 fully saturated rings. The predicted molar refractivity (Wildman–Crippen MR) is 71.5 cm³/mol. The monoisotopic (exact) mass is 266 g/mol. The number of ether oxygens (including phenoxy) is 1. The summed E-state index contributed by atoms with van der Waals surface area (Å²) in [6.45, 7) is 3.74. The molecule has 7 heteroatoms. The number of pyridine rings is 1. The molecule has 1 atom stereocenters. The van der Waals surface area contributed by atoms with Gasteiger partial charge in [-0.2, -0.15) is 0 Å². The Kier molecular flexibility index (Phi) is 5.11. The first-order valence-corrected chi connectivity index (χ1v) is 5.92. The Morgan fingerprint density at radius 2 is 2.21 bits per heavy atom. The van der Waals surface area contributed by atoms with E-state index in [1.165, 1.54) is 12.3 Å². The molecule has 0 spiro atoms. The number of hydrogen-bond donors (Lipinski definition) is 3. The molecule has 0 aliphatic carbocycles. The van der Waals surface area contributed by atoms with E-state index in [0.717, 1.165) is 0 Å². The molecule has 0 aromatic carbocycles. The zero-order chi connectivity index (χ0) is 14.4. The smallest absolute Gasteiger partial charge is 0.340 e. The minimum Gasteiger partial charge on any atom is -0.462 e. The molecule has 1 amide bonds. The first-order chi connectivity index (χ1) is 8.95. The first kappa shape index (κ1) is 14.7. The second kappa shape index (κ2) is 6.58. The molecule has 0 aliphatic rings. The van der Waals surface area contributed by atoms with Gasteiger partial charge in [-0.3, -0.25) is 4.79 Å². The number of nitrogens with one attached hydrogen (secondary N) is 1. The summed E-state index contributed by atoms with van der Waals surface area (Å²) in [7, 11) is 0. The van der Waals surface area contributed by atoms with Gasteiger partial charge in [-0.15, -0.1) is 0 Å². The molecule has 1 aromatic rings. The molecule has 19 heavy (non-hydrogen) atoms. The zero-order valence-corrected chi connectivity index (χ0v) is 11.0. The minimum atomic E-state index is -0.506. The summed E-state index contributed by atoms with van der Waals surface area (Å²) < 4.78 is 4.88. The fourth-order valence-electron chi connectivity index (χ4n) is 1.56. The van der Waals surface area contributed by atoms with E-state index in [-0.39, 0.29) is 30.3 Å². The number of amides is 1. The molecule has 7 nitrogen and oxygen atoms in total. The molecule has 0 bridgehead atoms. The van der Waals surface area contributed by atoms with E-state index in [1.54, 1.807) is 13.8 Å². The molecule has 1 rings (SSSR count). The van der Waals surface area contributed by atoms with Crippen molar-refractivity contribution in [2.75, 3.05) is 17.7 Å². The second-order valence-electron chi connectivity index (χ2n) is 4.06. The lowest BCUT2D eigenvalue weighted by atomic mass is 10.2. The highest BCUT2D eigenvalue weighted by molar-refractivity contribution is 5.97. The van der Waals surface area contributed by atoms with E-state index >= 15 is 0 Å². The topological polar surface area (TPSA) is 120 Å². The normalized spacial score (nSPS) is 11.7. The van der Waals surface area contributed by atoms with Crippen LogP contribution < -0.4 is 16.8 Å². The van der Waals surface area contributed by atoms with Gasteiger partial charge < -0.3 is 21.5 Å². The van der Waals surface area contributed by atoms with Crippen molar-refractivity contribution in [3.05, 3.63) is 17.8 Å². The van der Waals surface area contributed by atoms with E-state index in [0.29, 0.717) is 5.82 Å². The summed E-state index contributed by atoms with van der Waals surface area (Å²) in [5.41, 5.74) is 11.4. The highest BCUT2D eigenvalue weighted by atomic mass is 16.5. The molecule has 0 saturated carbocycles. The Morgan fingerprint density at radius 1 is 1.53 bits per heavy atom. The number of nitrogen functional groups attached to an aromatic ring is 1. The van der Waals surface area contributed by atoms with Crippen LogP contribution in [0.5, 0.6) is 0 Å². The Morgan fingerprint density at radius 3 is 2.79 bits per heavy atom. The second-order valence-corrected chi connectivity index (χ2v) is 4.06. The molecule has 1 heterocycles. The van der Waals surface area contributed by atoms with Crippen LogP contribution in [0.2, 0.25) is 0 Å². The number of primary amides is 1. The van der Waals surface area contributed by atoms with Gasteiger partial charge in [-0.25, -0.2) is 9.78 Å². The Labute approximate surface area is 111 Å². The maximum Gasteiger partial charge on any atom is 0.340 e. The molecule has 1 unspecified atom stereocenters. The van der Waals surface area contributed by atoms with Crippen molar-refractivity contribution in [2.24, 2.45) is 5.73 Å². The SMILES string of the molecule is CCOC(=O)c1ccnc(NC(C)CC(N)=O)c1N. The number of rotatable bonds is 6. The fourth-order valence-corrected chi connectivity index (χ4v) is 1.56. The number of anilines is 2. The van der Waals surface area contributed by atoms with Crippen LogP contribution in [0.1, 0.15) is 30.6 Å². The molecular formula is C12H18N4O3. The highest BCUT2D eigenvalue weighted by Gasteiger charge is 2.16. The average Bonchev–Trinajstić information content (AvgIpc) is 2.31. The van der Waals surface area contributed by atoms with Crippen LogP contribution in [-0.4, -0.2) is 29.5 Å². The molecule has 0 aliphatic heterocycles. The van der Waals surface area contributed by atoms with Crippen LogP contribution in [0.25, 0.3) is 0 Å². The van der Waals surface area contributed by atoms with Gasteiger partial charge in [0, 0.05) is 18.7 Å². The number of nitrogens with two attached hydrogens (primary N) is 2. The third-order valence-electron chi connectivity index (χ3n) is 2.38. The number of hydrogen-bond acceptors (Lipinski definition) is 6. The van der Waals surface area contributed by atoms with Crippen molar-refractivity contribution >= 4 is 23.4 Å². The van der Waals surface area contributed by atoms with E-state index in [1.807, 2.05) is 0 Å². The van der Waals surface area contributed by atoms with Gasteiger partial charge in [0.2, 0.25) is 5.91 Å². The number of carbonyl (C=O) groups is 2. The predicted octanol–water partition coefficient (Wildman–Crippen LogP) is 0.516. The van der Waals surface area contributed by atoms with E-state index in [9.17, 15) is 9.59 Å². The van der Waals surface area contributed by atoms with Gasteiger partial charge >= 0.3 is 5.97 Å². The maximum atomic E-state index is 11.6. The van der Waals surface area contributed by atoms with E-state index < -0.39 is 11.9 Å². The van der Waals surface area contributed by atoms with Crippen molar-refractivity contribution < 1.29 is 14.3 Å². The van der Waals surface area contributed by atoms with Gasteiger partial charge in [0.25, 0.3) is 0 Å². The number of aromatic nitrogens is 1. The summed E-state index contributed by atoms with van der Waals surface area (Å²) in [5, 5.41) is 2.93. The van der Waals surface area contributed by atoms with Gasteiger partial charge in [0.1, 0.15) is 5.82 Å². The standard InChI is InChI=1S/C12H18N4O3/c1-3-19-12(18)8-4-5-15-11(10(8)14)16-7(2)6-9(13)17/h4-5,7H,3,6,14H2,1-2H3,(H2,13,17)(H,15,16). The molecule has 0 radical (unpaired) electrons. The largest absolute Gasteiger partial charge is 0.462 e. The first-order valence-electron chi connectivity index (χ1n) is 5.92. The lowest BCUT2D eigenvalue weighted by Gasteiger charge is -2.15. The lowest BCUT2D eigenvalue weighted by molar-refractivity contribution is -0.118. The molecule has 104 valence electrons. The molecule has 5 N–H and O–H groups in total. The van der Waals surface area contributed by atoms with Crippen LogP contribution in [0.3, 0.4) is 0 Å². The van der Waals surface area contributed by atoms with Gasteiger partial charge in [0.15, 0.2) is 0 Å². The van der Waals surface area contributed by atoms with Crippen molar-refractivity contribution in [1.29, 1.82) is 0 Å². The zero-order valence-electron chi connectivity index (χ0n) is 11.0. The van der Waals surface area contributed by atoms with E-state index in [4.69, 9.17) is 16.2 Å². The van der Waals surface area contributed by atoms with E-state index in [2.05, 4.69) is 10.3 Å². The summed E-state index contributed by atoms with van der Waals surface area (Å²) in [5.74, 6) is -0.604. The summed E-state index contributed by atoms with van der Waals surface area (Å²) in [6, 6.07) is 1.25. The molecule has 1 aromatic heterocycles. The van der Waals surface area contributed by atoms with Crippen LogP contribution in [0.4, 0.5) is 11.5 Å². The van der Waals surface area contributed by atoms with Crippen LogP contribution in [-0.2, 0) is 9.53 Å². The minimum absolute atomic E-state index is 0.144. The average molecular weight is 266 g/mol. The Balaban J connectivity index is 2.88. The maximum absolute atomic E-state index is 11.6. The van der Waals surface area contributed by atoms with Crippen molar-refractivity contribution in [3.8, 4) is 0 Å². The van der Waals surface area contributed by atoms with Crippen molar-refractivity contribution in [3.63, 3.8) is 0 Å². The van der Waals surface area contributed by atoms with Crippen LogP contribution in [0.15, 0.2) is 12.3 Å². The van der Waals surface area contributed by atoms with Crippen molar-refractivity contribution in [2.45, 2.75) is 26.3 Å². The quantitative estimate of drug-likeness (QED) is 0.645. The third kappa shape index (κ3) is 4.13. The third-order valence-corrected chi connectivity index (χ3v) is 2.38. The lowest BCUT2D eigenvalue weighted by Crippen LogP contribution is -2.25.